The van der Waals surface area contributed by atoms with Crippen LogP contribution in [0.15, 0.2) is 29.4 Å². The third kappa shape index (κ3) is 4.16. The molecule has 5 saturated carbocycles. The maximum absolute atomic E-state index is 14.3. The summed E-state index contributed by atoms with van der Waals surface area (Å²) in [6, 6.07) is 6.34. The molecule has 5 fully saturated rings. The molecule has 3 amide bonds. The quantitative estimate of drug-likeness (QED) is 0.616. The molecule has 33 heavy (non-hydrogen) atoms. The highest BCUT2D eigenvalue weighted by Crippen LogP contribution is 2.55. The SMILES string of the molecule is O=C(CSc1nnc(-c2ccccc2F)n1C1CC1)NC(=O)NC12CC3CC(CC(C3)C1)C2. The molecule has 7 rings (SSSR count). The number of nitrogens with zero attached hydrogens (tertiary/aromatic N) is 3. The predicted molar refractivity (Wildman–Crippen MR) is 122 cm³/mol. The van der Waals surface area contributed by atoms with Gasteiger partial charge in [-0.2, -0.15) is 0 Å². The van der Waals surface area contributed by atoms with Crippen LogP contribution >= 0.6 is 11.8 Å². The summed E-state index contributed by atoms with van der Waals surface area (Å²) < 4.78 is 16.2. The Labute approximate surface area is 196 Å². The van der Waals surface area contributed by atoms with Crippen molar-refractivity contribution < 1.29 is 14.0 Å². The molecule has 5 aliphatic carbocycles. The fraction of sp³-hybridized carbons (Fsp3) is 0.583. The lowest BCUT2D eigenvalue weighted by Crippen LogP contribution is -2.61. The van der Waals surface area contributed by atoms with E-state index in [9.17, 15) is 14.0 Å². The Morgan fingerprint density at radius 1 is 1.06 bits per heavy atom. The maximum atomic E-state index is 14.3. The first-order chi connectivity index (χ1) is 16.0. The molecule has 1 aromatic carbocycles. The number of rotatable bonds is 6. The number of carbonyl (C=O) groups excluding carboxylic acids is 2. The zero-order valence-electron chi connectivity index (χ0n) is 18.4. The van der Waals surface area contributed by atoms with E-state index in [0.29, 0.717) is 16.5 Å². The minimum absolute atomic E-state index is 0.0520. The molecule has 2 aromatic rings. The molecule has 2 N–H and O–H groups in total. The van der Waals surface area contributed by atoms with Crippen molar-refractivity contribution in [3.63, 3.8) is 0 Å². The van der Waals surface area contributed by atoms with Crippen molar-refractivity contribution in [1.29, 1.82) is 0 Å². The lowest BCUT2D eigenvalue weighted by molar-refractivity contribution is -0.117. The van der Waals surface area contributed by atoms with Crippen LogP contribution in [0.2, 0.25) is 0 Å². The summed E-state index contributed by atoms with van der Waals surface area (Å²) in [4.78, 5) is 25.2. The first kappa shape index (κ1) is 21.1. The molecule has 0 spiro atoms. The van der Waals surface area contributed by atoms with Gasteiger partial charge in [0.2, 0.25) is 5.91 Å². The van der Waals surface area contributed by atoms with Crippen LogP contribution in [-0.2, 0) is 4.79 Å². The van der Waals surface area contributed by atoms with Crippen LogP contribution in [0.4, 0.5) is 9.18 Å². The van der Waals surface area contributed by atoms with Gasteiger partial charge in [-0.05, 0) is 81.3 Å². The van der Waals surface area contributed by atoms with E-state index in [0.717, 1.165) is 49.9 Å². The molecule has 174 valence electrons. The van der Waals surface area contributed by atoms with Gasteiger partial charge < -0.3 is 5.32 Å². The maximum Gasteiger partial charge on any atom is 0.321 e. The molecule has 7 nitrogen and oxygen atoms in total. The van der Waals surface area contributed by atoms with Gasteiger partial charge in [-0.25, -0.2) is 9.18 Å². The third-order valence-corrected chi connectivity index (χ3v) is 8.64. The Balaban J connectivity index is 1.08. The topological polar surface area (TPSA) is 88.9 Å². The van der Waals surface area contributed by atoms with E-state index in [1.807, 2.05) is 4.57 Å². The Morgan fingerprint density at radius 3 is 2.36 bits per heavy atom. The Bertz CT molecular complexity index is 1060. The van der Waals surface area contributed by atoms with Gasteiger partial charge in [0.15, 0.2) is 11.0 Å². The van der Waals surface area contributed by atoms with E-state index >= 15 is 0 Å². The van der Waals surface area contributed by atoms with Crippen molar-refractivity contribution in [2.24, 2.45) is 17.8 Å². The van der Waals surface area contributed by atoms with E-state index in [4.69, 9.17) is 0 Å². The molecular formula is C24H28FN5O2S. The van der Waals surface area contributed by atoms with Gasteiger partial charge in [0.1, 0.15) is 5.82 Å². The van der Waals surface area contributed by atoms with E-state index in [1.165, 1.54) is 37.1 Å². The molecule has 1 heterocycles. The lowest BCUT2D eigenvalue weighted by Gasteiger charge is -2.56. The number of amides is 3. The van der Waals surface area contributed by atoms with Crippen molar-refractivity contribution in [1.82, 2.24) is 25.4 Å². The van der Waals surface area contributed by atoms with Crippen molar-refractivity contribution >= 4 is 23.7 Å². The summed E-state index contributed by atoms with van der Waals surface area (Å²) in [6.45, 7) is 0. The number of carbonyl (C=O) groups is 2. The molecule has 5 aliphatic rings. The number of hydrogen-bond acceptors (Lipinski definition) is 5. The molecule has 0 atom stereocenters. The van der Waals surface area contributed by atoms with Crippen molar-refractivity contribution in [3.8, 4) is 11.4 Å². The minimum Gasteiger partial charge on any atom is -0.332 e. The zero-order chi connectivity index (χ0) is 22.6. The van der Waals surface area contributed by atoms with Crippen LogP contribution in [-0.4, -0.2) is 38.0 Å². The van der Waals surface area contributed by atoms with E-state index in [-0.39, 0.29) is 29.1 Å². The Kier molecular flexibility index (Phi) is 5.19. The average molecular weight is 470 g/mol. The van der Waals surface area contributed by atoms with E-state index < -0.39 is 6.03 Å². The number of benzene rings is 1. The van der Waals surface area contributed by atoms with Gasteiger partial charge in [-0.1, -0.05) is 23.9 Å². The predicted octanol–water partition coefficient (Wildman–Crippen LogP) is 4.31. The molecular weight excluding hydrogens is 441 g/mol. The van der Waals surface area contributed by atoms with Gasteiger partial charge in [0.05, 0.1) is 11.3 Å². The van der Waals surface area contributed by atoms with Crippen LogP contribution in [0.3, 0.4) is 0 Å². The number of hydrogen-bond donors (Lipinski definition) is 2. The van der Waals surface area contributed by atoms with Gasteiger partial charge in [-0.15, -0.1) is 10.2 Å². The van der Waals surface area contributed by atoms with Gasteiger partial charge in [0.25, 0.3) is 0 Å². The van der Waals surface area contributed by atoms with Crippen LogP contribution in [0.25, 0.3) is 11.4 Å². The zero-order valence-corrected chi connectivity index (χ0v) is 19.2. The van der Waals surface area contributed by atoms with Gasteiger partial charge in [-0.3, -0.25) is 14.7 Å². The fourth-order valence-corrected chi connectivity index (χ4v) is 7.50. The smallest absolute Gasteiger partial charge is 0.321 e. The molecule has 1 aromatic heterocycles. The van der Waals surface area contributed by atoms with E-state index in [1.54, 1.807) is 18.2 Å². The molecule has 0 aliphatic heterocycles. The monoisotopic (exact) mass is 469 g/mol. The normalized spacial score (nSPS) is 29.8. The largest absolute Gasteiger partial charge is 0.332 e. The number of nitrogens with one attached hydrogen (secondary N) is 2. The molecule has 9 heteroatoms. The Morgan fingerprint density at radius 2 is 1.73 bits per heavy atom. The summed E-state index contributed by atoms with van der Waals surface area (Å²) in [5, 5.41) is 14.7. The van der Waals surface area contributed by atoms with E-state index in [2.05, 4.69) is 20.8 Å². The number of halogens is 1. The van der Waals surface area contributed by atoms with Crippen molar-refractivity contribution in [3.05, 3.63) is 30.1 Å². The molecule has 0 radical (unpaired) electrons. The van der Waals surface area contributed by atoms with Gasteiger partial charge in [0, 0.05) is 11.6 Å². The lowest BCUT2D eigenvalue weighted by atomic mass is 9.53. The summed E-state index contributed by atoms with van der Waals surface area (Å²) in [6.07, 6.45) is 8.98. The van der Waals surface area contributed by atoms with Crippen LogP contribution < -0.4 is 10.6 Å². The summed E-state index contributed by atoms with van der Waals surface area (Å²) in [7, 11) is 0. The minimum atomic E-state index is -0.391. The number of urea groups is 1. The second-order valence-electron chi connectivity index (χ2n) is 10.4. The Hall–Kier alpha value is -2.42. The molecule has 4 bridgehead atoms. The van der Waals surface area contributed by atoms with Crippen molar-refractivity contribution in [2.75, 3.05) is 5.75 Å². The summed E-state index contributed by atoms with van der Waals surface area (Å²) >= 11 is 1.23. The third-order valence-electron chi connectivity index (χ3n) is 7.69. The highest BCUT2D eigenvalue weighted by atomic mass is 32.2. The fourth-order valence-electron chi connectivity index (χ4n) is 6.69. The van der Waals surface area contributed by atoms with Crippen molar-refractivity contribution in [2.45, 2.75) is 68.1 Å². The molecule has 0 saturated heterocycles. The summed E-state index contributed by atoms with van der Waals surface area (Å²) in [5.41, 5.74) is 0.274. The van der Waals surface area contributed by atoms with Gasteiger partial charge >= 0.3 is 6.03 Å². The van der Waals surface area contributed by atoms with Crippen LogP contribution in [0, 0.1) is 23.6 Å². The second kappa shape index (κ2) is 8.11. The first-order valence-electron chi connectivity index (χ1n) is 11.9. The molecule has 0 unspecified atom stereocenters. The highest BCUT2D eigenvalue weighted by molar-refractivity contribution is 7.99. The highest BCUT2D eigenvalue weighted by Gasteiger charge is 2.51. The first-order valence-corrected chi connectivity index (χ1v) is 12.9. The van der Waals surface area contributed by atoms with Crippen LogP contribution in [0.1, 0.15) is 57.4 Å². The number of imide groups is 1. The number of thioether (sulfide) groups is 1. The standard InChI is InChI=1S/C24H28FN5O2S/c25-19-4-2-1-3-18(19)21-28-29-23(30(21)17-5-6-17)33-13-20(31)26-22(32)27-24-10-14-7-15(11-24)9-16(8-14)12-24/h1-4,14-17H,5-13H2,(H2,26,27,31,32). The number of aromatic nitrogens is 3. The van der Waals surface area contributed by atoms with Crippen LogP contribution in [0.5, 0.6) is 0 Å². The summed E-state index contributed by atoms with van der Waals surface area (Å²) in [5.74, 6) is 2.00. The second-order valence-corrected chi connectivity index (χ2v) is 11.3. The average Bonchev–Trinajstić information content (AvgIpc) is 3.50.